The molecule has 0 fully saturated rings. The van der Waals surface area contributed by atoms with Gasteiger partial charge in [0.15, 0.2) is 5.60 Å². The maximum atomic E-state index is 12.5. The molecule has 0 aliphatic heterocycles. The normalized spacial score (nSPS) is 20.8. The van der Waals surface area contributed by atoms with Gasteiger partial charge in [-0.05, 0) is 51.2 Å². The Morgan fingerprint density at radius 3 is 2.48 bits per heavy atom. The second-order valence-corrected chi connectivity index (χ2v) is 6.78. The predicted octanol–water partition coefficient (Wildman–Crippen LogP) is 4.06. The number of hydrogen-bond acceptors (Lipinski definition) is 5. The van der Waals surface area contributed by atoms with Gasteiger partial charge >= 0.3 is 5.97 Å². The Labute approximate surface area is 150 Å². The van der Waals surface area contributed by atoms with Crippen LogP contribution in [0.2, 0.25) is 0 Å². The largest absolute Gasteiger partial charge is 0.465 e. The van der Waals surface area contributed by atoms with Crippen LogP contribution in [0.15, 0.2) is 23.8 Å². The highest BCUT2D eigenvalue weighted by atomic mass is 16.6. The fourth-order valence-corrected chi connectivity index (χ4v) is 3.01. The third-order valence-electron chi connectivity index (χ3n) is 4.40. The molecule has 0 amide bonds. The number of Topliss-reactive ketones (excluding diaryl/α,β-unsaturated/α-hetero) is 1. The molecule has 5 nitrogen and oxygen atoms in total. The summed E-state index contributed by atoms with van der Waals surface area (Å²) in [5.74, 6) is -0.566. The molecule has 25 heavy (non-hydrogen) atoms. The van der Waals surface area contributed by atoms with Crippen molar-refractivity contribution >= 4 is 18.2 Å². The molecule has 1 aliphatic rings. The van der Waals surface area contributed by atoms with Crippen molar-refractivity contribution in [2.45, 2.75) is 83.8 Å². The molecule has 0 radical (unpaired) electrons. The van der Waals surface area contributed by atoms with Crippen molar-refractivity contribution in [2.24, 2.45) is 0 Å². The van der Waals surface area contributed by atoms with E-state index in [1.54, 1.807) is 19.1 Å². The first-order chi connectivity index (χ1) is 11.9. The van der Waals surface area contributed by atoms with Gasteiger partial charge in [-0.25, -0.2) is 0 Å². The smallest absolute Gasteiger partial charge is 0.303 e. The molecule has 5 heteroatoms. The lowest BCUT2D eigenvalue weighted by atomic mass is 9.87. The number of ketones is 1. The number of allylic oxidation sites excluding steroid dienone is 2. The Morgan fingerprint density at radius 1 is 1.20 bits per heavy atom. The van der Waals surface area contributed by atoms with Crippen molar-refractivity contribution in [1.82, 2.24) is 0 Å². The van der Waals surface area contributed by atoms with Gasteiger partial charge in [-0.15, -0.1) is 0 Å². The third kappa shape index (κ3) is 7.67. The van der Waals surface area contributed by atoms with Gasteiger partial charge in [-0.1, -0.05) is 37.8 Å². The van der Waals surface area contributed by atoms with Gasteiger partial charge in [0.25, 0.3) is 6.47 Å². The molecule has 2 unspecified atom stereocenters. The van der Waals surface area contributed by atoms with Crippen LogP contribution in [0.1, 0.15) is 72.1 Å². The molecule has 140 valence electrons. The number of carbonyl (C=O) groups is 3. The second kappa shape index (κ2) is 10.9. The van der Waals surface area contributed by atoms with Crippen LogP contribution in [0.25, 0.3) is 0 Å². The highest BCUT2D eigenvalue weighted by molar-refractivity contribution is 6.05. The average molecular weight is 350 g/mol. The first-order valence-corrected chi connectivity index (χ1v) is 9.11. The maximum Gasteiger partial charge on any atom is 0.303 e. The summed E-state index contributed by atoms with van der Waals surface area (Å²) < 4.78 is 10.0. The Balaban J connectivity index is 2.19. The van der Waals surface area contributed by atoms with Crippen molar-refractivity contribution < 1.29 is 23.9 Å². The summed E-state index contributed by atoms with van der Waals surface area (Å²) in [6.07, 6.45) is 13.3. The lowest BCUT2D eigenvalue weighted by molar-refractivity contribution is -0.157. The summed E-state index contributed by atoms with van der Waals surface area (Å²) in [6.45, 7) is 5.36. The SMILES string of the molecule is CC(=O)OC1(C)C=CC=C(CCCCCCCCC(C)OC=O)C1=O. The van der Waals surface area contributed by atoms with E-state index in [4.69, 9.17) is 9.47 Å². The molecule has 0 heterocycles. The van der Waals surface area contributed by atoms with Crippen LogP contribution in [0.4, 0.5) is 0 Å². The molecule has 0 aromatic carbocycles. The highest BCUT2D eigenvalue weighted by Gasteiger charge is 2.37. The van der Waals surface area contributed by atoms with E-state index in [1.807, 2.05) is 13.0 Å². The van der Waals surface area contributed by atoms with E-state index >= 15 is 0 Å². The summed E-state index contributed by atoms with van der Waals surface area (Å²) in [5, 5.41) is 0. The first-order valence-electron chi connectivity index (χ1n) is 9.11. The summed E-state index contributed by atoms with van der Waals surface area (Å²) in [7, 11) is 0. The monoisotopic (exact) mass is 350 g/mol. The van der Waals surface area contributed by atoms with E-state index in [1.165, 1.54) is 6.92 Å². The van der Waals surface area contributed by atoms with Crippen LogP contribution in [0.5, 0.6) is 0 Å². The van der Waals surface area contributed by atoms with Gasteiger partial charge in [0, 0.05) is 6.92 Å². The standard InChI is InChI=1S/C20H30O5/c1-16(24-15-21)11-8-6-4-5-7-9-12-18-13-10-14-20(3,19(18)23)25-17(2)22/h10,13-16H,4-9,11-12H2,1-3H3. The molecular weight excluding hydrogens is 320 g/mol. The molecule has 0 saturated carbocycles. The quantitative estimate of drug-likeness (QED) is 0.302. The van der Waals surface area contributed by atoms with E-state index in [0.717, 1.165) is 50.5 Å². The van der Waals surface area contributed by atoms with E-state index in [9.17, 15) is 14.4 Å². The lowest BCUT2D eigenvalue weighted by Crippen LogP contribution is -2.40. The summed E-state index contributed by atoms with van der Waals surface area (Å²) in [6, 6.07) is 0. The summed E-state index contributed by atoms with van der Waals surface area (Å²) in [5.41, 5.74) is -0.429. The minimum Gasteiger partial charge on any atom is -0.465 e. The van der Waals surface area contributed by atoms with Crippen LogP contribution >= 0.6 is 0 Å². The number of hydrogen-bond donors (Lipinski definition) is 0. The minimum absolute atomic E-state index is 0.00124. The first kappa shape index (κ1) is 21.1. The zero-order valence-electron chi connectivity index (χ0n) is 15.6. The number of unbranched alkanes of at least 4 members (excludes halogenated alkanes) is 5. The molecule has 2 atom stereocenters. The van der Waals surface area contributed by atoms with Crippen molar-refractivity contribution in [3.05, 3.63) is 23.8 Å². The third-order valence-corrected chi connectivity index (χ3v) is 4.40. The van der Waals surface area contributed by atoms with Crippen LogP contribution < -0.4 is 0 Å². The Bertz CT molecular complexity index is 520. The van der Waals surface area contributed by atoms with Crippen LogP contribution in [-0.2, 0) is 23.9 Å². The molecule has 0 spiro atoms. The molecule has 0 saturated heterocycles. The molecule has 1 aliphatic carbocycles. The maximum absolute atomic E-state index is 12.5. The van der Waals surface area contributed by atoms with E-state index in [-0.39, 0.29) is 11.9 Å². The van der Waals surface area contributed by atoms with Gasteiger partial charge in [0.05, 0.1) is 6.10 Å². The van der Waals surface area contributed by atoms with Crippen molar-refractivity contribution in [3.8, 4) is 0 Å². The number of ether oxygens (including phenoxy) is 2. The predicted molar refractivity (Wildman–Crippen MR) is 95.9 cm³/mol. The Morgan fingerprint density at radius 2 is 1.84 bits per heavy atom. The van der Waals surface area contributed by atoms with Gasteiger partial charge in [0.2, 0.25) is 5.78 Å². The molecule has 0 aromatic rings. The van der Waals surface area contributed by atoms with E-state index in [0.29, 0.717) is 12.9 Å². The average Bonchev–Trinajstić information content (AvgIpc) is 2.53. The number of carbonyl (C=O) groups excluding carboxylic acids is 3. The second-order valence-electron chi connectivity index (χ2n) is 6.78. The number of esters is 1. The zero-order valence-corrected chi connectivity index (χ0v) is 15.6. The fourth-order valence-electron chi connectivity index (χ4n) is 3.01. The molecule has 1 rings (SSSR count). The van der Waals surface area contributed by atoms with E-state index in [2.05, 4.69) is 0 Å². The topological polar surface area (TPSA) is 69.7 Å². The van der Waals surface area contributed by atoms with Crippen LogP contribution in [0, 0.1) is 0 Å². The minimum atomic E-state index is -1.16. The summed E-state index contributed by atoms with van der Waals surface area (Å²) >= 11 is 0. The Kier molecular flexibility index (Phi) is 9.17. The molecule has 0 N–H and O–H groups in total. The van der Waals surface area contributed by atoms with Crippen molar-refractivity contribution in [2.75, 3.05) is 0 Å². The van der Waals surface area contributed by atoms with Gasteiger partial charge in [-0.2, -0.15) is 0 Å². The van der Waals surface area contributed by atoms with Gasteiger partial charge in [0.1, 0.15) is 0 Å². The highest BCUT2D eigenvalue weighted by Crippen LogP contribution is 2.26. The number of rotatable bonds is 12. The summed E-state index contributed by atoms with van der Waals surface area (Å²) in [4.78, 5) is 33.8. The molecule has 0 bridgehead atoms. The Hall–Kier alpha value is -1.91. The van der Waals surface area contributed by atoms with E-state index < -0.39 is 11.6 Å². The van der Waals surface area contributed by atoms with Gasteiger partial charge in [-0.3, -0.25) is 14.4 Å². The van der Waals surface area contributed by atoms with Crippen LogP contribution in [0.3, 0.4) is 0 Å². The van der Waals surface area contributed by atoms with Gasteiger partial charge < -0.3 is 9.47 Å². The molecule has 0 aromatic heterocycles. The van der Waals surface area contributed by atoms with Crippen LogP contribution in [-0.4, -0.2) is 29.9 Å². The zero-order chi connectivity index (χ0) is 18.7. The fraction of sp³-hybridized carbons (Fsp3) is 0.650. The molecular formula is C20H30O5. The lowest BCUT2D eigenvalue weighted by Gasteiger charge is -2.27. The van der Waals surface area contributed by atoms with Crippen molar-refractivity contribution in [3.63, 3.8) is 0 Å². The van der Waals surface area contributed by atoms with Crippen molar-refractivity contribution in [1.29, 1.82) is 0 Å².